The first kappa shape index (κ1) is 35.8. The topological polar surface area (TPSA) is 31.6 Å². The van der Waals surface area contributed by atoms with Gasteiger partial charge in [-0.15, -0.1) is 0 Å². The predicted molar refractivity (Wildman–Crippen MR) is 266 cm³/mol. The van der Waals surface area contributed by atoms with Gasteiger partial charge in [-0.05, 0) is 118 Å². The fraction of sp³-hybridized carbons (Fsp3) is 0. The smallest absolute Gasteiger partial charge is 0.180 e. The molecule has 0 bridgehead atoms. The van der Waals surface area contributed by atoms with Crippen molar-refractivity contribution in [2.45, 2.75) is 0 Å². The molecule has 4 heterocycles. The Hall–Kier alpha value is -8.80. The molecule has 12 aromatic rings. The van der Waals surface area contributed by atoms with Crippen molar-refractivity contribution in [3.05, 3.63) is 224 Å². The van der Waals surface area contributed by atoms with Gasteiger partial charge in [0.2, 0.25) is 0 Å². The van der Waals surface area contributed by atoms with Crippen molar-refractivity contribution in [3.8, 4) is 67.8 Å². The van der Waals surface area contributed by atoms with Crippen molar-refractivity contribution in [2.75, 3.05) is 4.90 Å². The lowest BCUT2D eigenvalue weighted by molar-refractivity contribution is 0.449. The van der Waals surface area contributed by atoms with E-state index in [4.69, 9.17) is 9.47 Å². The van der Waals surface area contributed by atoms with Crippen LogP contribution in [0.2, 0.25) is 0 Å². The van der Waals surface area contributed by atoms with Crippen molar-refractivity contribution in [2.24, 2.45) is 0 Å². The number of ether oxygens (including phenoxy) is 2. The van der Waals surface area contributed by atoms with E-state index in [-0.39, 0.29) is 0 Å². The lowest BCUT2D eigenvalue weighted by Gasteiger charge is -2.38. The molecule has 0 fully saturated rings. The van der Waals surface area contributed by atoms with Crippen molar-refractivity contribution < 1.29 is 9.47 Å². The molecule has 14 rings (SSSR count). The molecular weight excluding hydrogens is 795 g/mol. The van der Waals surface area contributed by atoms with Crippen molar-refractivity contribution in [3.63, 3.8) is 0 Å². The lowest BCUT2D eigenvalue weighted by atomic mass is 9.98. The van der Waals surface area contributed by atoms with E-state index in [1.54, 1.807) is 0 Å². The number of fused-ring (bicyclic) bond motifs is 11. The zero-order valence-electron chi connectivity index (χ0n) is 35.0. The maximum atomic E-state index is 7.30. The fourth-order valence-electron chi connectivity index (χ4n) is 10.3. The summed E-state index contributed by atoms with van der Waals surface area (Å²) in [4.78, 5) is 2.34. The fourth-order valence-corrected chi connectivity index (χ4v) is 10.3. The monoisotopic (exact) mass is 831 g/mol. The molecule has 0 aliphatic carbocycles. The second kappa shape index (κ2) is 13.9. The van der Waals surface area contributed by atoms with Crippen LogP contribution in [0.25, 0.3) is 88.4 Å². The molecule has 0 N–H and O–H groups in total. The van der Waals surface area contributed by atoms with Crippen LogP contribution < -0.4 is 14.4 Å². The third-order valence-corrected chi connectivity index (χ3v) is 13.3. The minimum absolute atomic E-state index is 0.746. The largest absolute Gasteiger partial charge is 0.453 e. The van der Waals surface area contributed by atoms with Gasteiger partial charge in [0, 0.05) is 32.9 Å². The molecular formula is C60H37N3O2. The van der Waals surface area contributed by atoms with E-state index in [1.165, 1.54) is 21.8 Å². The average molecular weight is 832 g/mol. The van der Waals surface area contributed by atoms with Crippen molar-refractivity contribution in [1.29, 1.82) is 0 Å². The Kier molecular flexibility index (Phi) is 7.62. The van der Waals surface area contributed by atoms with Crippen LogP contribution in [0.1, 0.15) is 0 Å². The highest BCUT2D eigenvalue weighted by atomic mass is 16.5. The number of hydrogen-bond acceptors (Lipinski definition) is 3. The van der Waals surface area contributed by atoms with Gasteiger partial charge in [-0.25, -0.2) is 0 Å². The molecule has 0 atom stereocenters. The molecule has 65 heavy (non-hydrogen) atoms. The molecule has 0 unspecified atom stereocenters. The van der Waals surface area contributed by atoms with E-state index in [2.05, 4.69) is 238 Å². The Morgan fingerprint density at radius 3 is 1.37 bits per heavy atom. The summed E-state index contributed by atoms with van der Waals surface area (Å²) in [7, 11) is 0. The SMILES string of the molecule is c1ccc(-c2ccc3c(c2)Oc2cc4c5cc(-c6ccc7c(c6)c6ccccc6n7-c6ccccc6)ccc5n(-c5ccccc5)c4c4c2N3c2ccc(-c3ccccc3)cc2O4)cc1. The molecule has 0 saturated carbocycles. The molecule has 5 heteroatoms. The summed E-state index contributed by atoms with van der Waals surface area (Å²) in [5, 5.41) is 4.60. The Labute approximate surface area is 374 Å². The standard InChI is InChI=1S/C60H37N3O2/c1-5-15-38(16-6-1)42-27-31-53-55(35-42)64-57-37-49-48-34-41(40-25-29-51-47(33-40)46-23-13-14-24-50(46)61(51)44-19-9-3-10-20-44)26-30-52(48)62(45-21-11-4-12-22-45)58(49)60-59(57)63(53)54-32-28-43(36-56(54)65-60)39-17-7-2-8-18-39/h1-37H. The Morgan fingerprint density at radius 2 is 0.754 bits per heavy atom. The molecule has 2 aliphatic rings. The van der Waals surface area contributed by atoms with Crippen LogP contribution in [-0.2, 0) is 0 Å². The van der Waals surface area contributed by atoms with Gasteiger partial charge in [0.25, 0.3) is 0 Å². The van der Waals surface area contributed by atoms with Crippen LogP contribution in [0.15, 0.2) is 224 Å². The van der Waals surface area contributed by atoms with E-state index in [0.29, 0.717) is 0 Å². The Bertz CT molecular complexity index is 3860. The van der Waals surface area contributed by atoms with Gasteiger partial charge in [0.05, 0.1) is 33.4 Å². The Balaban J connectivity index is 1.02. The van der Waals surface area contributed by atoms with Gasteiger partial charge in [-0.2, -0.15) is 0 Å². The first-order valence-corrected chi connectivity index (χ1v) is 22.1. The van der Waals surface area contributed by atoms with Crippen LogP contribution in [0, 0.1) is 0 Å². The third-order valence-electron chi connectivity index (χ3n) is 13.3. The number of nitrogens with zero attached hydrogens (tertiary/aromatic N) is 3. The summed E-state index contributed by atoms with van der Waals surface area (Å²) in [5.74, 6) is 3.07. The van der Waals surface area contributed by atoms with Crippen LogP contribution in [0.5, 0.6) is 23.0 Å². The molecule has 0 saturated heterocycles. The van der Waals surface area contributed by atoms with Gasteiger partial charge in [0.1, 0.15) is 5.69 Å². The zero-order valence-corrected chi connectivity index (χ0v) is 35.0. The molecule has 2 aliphatic heterocycles. The van der Waals surface area contributed by atoms with E-state index in [9.17, 15) is 0 Å². The summed E-state index contributed by atoms with van der Waals surface area (Å²) in [6.07, 6.45) is 0. The molecule has 0 spiro atoms. The average Bonchev–Trinajstić information content (AvgIpc) is 3.89. The van der Waals surface area contributed by atoms with Gasteiger partial charge in [-0.1, -0.05) is 140 Å². The van der Waals surface area contributed by atoms with E-state index >= 15 is 0 Å². The highest BCUT2D eigenvalue weighted by Gasteiger charge is 2.38. The lowest BCUT2D eigenvalue weighted by Crippen LogP contribution is -2.20. The highest BCUT2D eigenvalue weighted by Crippen LogP contribution is 2.63. The summed E-state index contributed by atoms with van der Waals surface area (Å²) >= 11 is 0. The minimum Gasteiger partial charge on any atom is -0.453 e. The van der Waals surface area contributed by atoms with E-state index in [0.717, 1.165) is 107 Å². The molecule has 10 aromatic carbocycles. The van der Waals surface area contributed by atoms with Crippen LogP contribution in [0.3, 0.4) is 0 Å². The summed E-state index contributed by atoms with van der Waals surface area (Å²) in [6, 6.07) is 80.0. The summed E-state index contributed by atoms with van der Waals surface area (Å²) < 4.78 is 19.1. The number of aromatic nitrogens is 2. The number of rotatable bonds is 5. The summed E-state index contributed by atoms with van der Waals surface area (Å²) in [5.41, 5.74) is 16.2. The molecule has 2 aromatic heterocycles. The number of hydrogen-bond donors (Lipinski definition) is 0. The minimum atomic E-state index is 0.746. The van der Waals surface area contributed by atoms with Crippen LogP contribution in [0.4, 0.5) is 17.1 Å². The van der Waals surface area contributed by atoms with Gasteiger partial charge >= 0.3 is 0 Å². The van der Waals surface area contributed by atoms with Crippen molar-refractivity contribution >= 4 is 60.7 Å². The maximum Gasteiger partial charge on any atom is 0.180 e. The second-order valence-corrected chi connectivity index (χ2v) is 16.9. The predicted octanol–water partition coefficient (Wildman–Crippen LogP) is 16.6. The van der Waals surface area contributed by atoms with Crippen LogP contribution >= 0.6 is 0 Å². The number of anilines is 3. The van der Waals surface area contributed by atoms with Gasteiger partial charge in [0.15, 0.2) is 23.0 Å². The van der Waals surface area contributed by atoms with Gasteiger partial charge in [-0.3, -0.25) is 4.90 Å². The first-order valence-electron chi connectivity index (χ1n) is 22.1. The zero-order chi connectivity index (χ0) is 42.6. The van der Waals surface area contributed by atoms with E-state index in [1.807, 2.05) is 0 Å². The molecule has 0 amide bonds. The number of para-hydroxylation sites is 3. The number of benzene rings is 10. The summed E-state index contributed by atoms with van der Waals surface area (Å²) in [6.45, 7) is 0. The van der Waals surface area contributed by atoms with Crippen molar-refractivity contribution in [1.82, 2.24) is 9.13 Å². The quantitative estimate of drug-likeness (QED) is 0.173. The van der Waals surface area contributed by atoms with E-state index < -0.39 is 0 Å². The first-order chi connectivity index (χ1) is 32.2. The third kappa shape index (κ3) is 5.39. The maximum absolute atomic E-state index is 7.30. The van der Waals surface area contributed by atoms with Crippen LogP contribution in [-0.4, -0.2) is 9.13 Å². The highest BCUT2D eigenvalue weighted by molar-refractivity contribution is 6.17. The Morgan fingerprint density at radius 1 is 0.292 bits per heavy atom. The molecule has 5 nitrogen and oxygen atoms in total. The molecule has 0 radical (unpaired) electrons. The second-order valence-electron chi connectivity index (χ2n) is 16.9. The molecule has 304 valence electrons. The normalized spacial score (nSPS) is 12.5. The van der Waals surface area contributed by atoms with Gasteiger partial charge < -0.3 is 18.6 Å².